The molecule has 1 aromatic carbocycles. The van der Waals surface area contributed by atoms with Crippen LogP contribution in [-0.2, 0) is 13.1 Å². The SMILES string of the molecule is CCNCc1oc2ccccc2c1CN(C)CC(F)(F)F. The number of para-hydroxylation sites is 1. The van der Waals surface area contributed by atoms with Crippen LogP contribution in [-0.4, -0.2) is 31.2 Å². The Balaban J connectivity index is 2.27. The molecular weight excluding hydrogens is 281 g/mol. The molecule has 0 saturated carbocycles. The Bertz CT molecular complexity index is 592. The molecular formula is C15H19F3N2O. The first-order valence-electron chi connectivity index (χ1n) is 6.86. The van der Waals surface area contributed by atoms with Gasteiger partial charge in [0.25, 0.3) is 0 Å². The smallest absolute Gasteiger partial charge is 0.401 e. The predicted molar refractivity (Wildman–Crippen MR) is 76.0 cm³/mol. The largest absolute Gasteiger partial charge is 0.459 e. The molecule has 1 N–H and O–H groups in total. The highest BCUT2D eigenvalue weighted by atomic mass is 19.4. The van der Waals surface area contributed by atoms with Crippen molar-refractivity contribution in [3.05, 3.63) is 35.6 Å². The van der Waals surface area contributed by atoms with Crippen molar-refractivity contribution < 1.29 is 17.6 Å². The van der Waals surface area contributed by atoms with Gasteiger partial charge in [-0.3, -0.25) is 4.90 Å². The van der Waals surface area contributed by atoms with Crippen LogP contribution in [0.2, 0.25) is 0 Å². The summed E-state index contributed by atoms with van der Waals surface area (Å²) in [6.07, 6.45) is -4.20. The zero-order valence-electron chi connectivity index (χ0n) is 12.1. The number of fused-ring (bicyclic) bond motifs is 1. The van der Waals surface area contributed by atoms with Gasteiger partial charge in [-0.25, -0.2) is 0 Å². The molecule has 0 fully saturated rings. The number of halogens is 3. The highest BCUT2D eigenvalue weighted by molar-refractivity contribution is 5.82. The van der Waals surface area contributed by atoms with Crippen LogP contribution >= 0.6 is 0 Å². The molecule has 0 aliphatic rings. The van der Waals surface area contributed by atoms with Gasteiger partial charge < -0.3 is 9.73 Å². The van der Waals surface area contributed by atoms with Gasteiger partial charge in [-0.15, -0.1) is 0 Å². The van der Waals surface area contributed by atoms with Crippen LogP contribution in [0, 0.1) is 0 Å². The summed E-state index contributed by atoms with van der Waals surface area (Å²) in [7, 11) is 1.46. The fourth-order valence-corrected chi connectivity index (χ4v) is 2.34. The quantitative estimate of drug-likeness (QED) is 0.884. The van der Waals surface area contributed by atoms with Crippen molar-refractivity contribution >= 4 is 11.0 Å². The molecule has 0 atom stereocenters. The molecule has 0 bridgehead atoms. The van der Waals surface area contributed by atoms with E-state index in [-0.39, 0.29) is 6.54 Å². The van der Waals surface area contributed by atoms with E-state index in [0.29, 0.717) is 17.9 Å². The van der Waals surface area contributed by atoms with Gasteiger partial charge in [-0.1, -0.05) is 25.1 Å². The molecule has 0 spiro atoms. The lowest BCUT2D eigenvalue weighted by Gasteiger charge is -2.18. The fourth-order valence-electron chi connectivity index (χ4n) is 2.34. The summed E-state index contributed by atoms with van der Waals surface area (Å²) in [5.74, 6) is 0.701. The van der Waals surface area contributed by atoms with E-state index in [4.69, 9.17) is 4.42 Å². The monoisotopic (exact) mass is 300 g/mol. The minimum atomic E-state index is -4.20. The van der Waals surface area contributed by atoms with E-state index in [2.05, 4.69) is 5.32 Å². The van der Waals surface area contributed by atoms with E-state index in [1.807, 2.05) is 31.2 Å². The minimum absolute atomic E-state index is 0.206. The Morgan fingerprint density at radius 1 is 1.24 bits per heavy atom. The van der Waals surface area contributed by atoms with Gasteiger partial charge >= 0.3 is 6.18 Å². The Morgan fingerprint density at radius 2 is 1.95 bits per heavy atom. The number of alkyl halides is 3. The molecule has 0 saturated heterocycles. The van der Waals surface area contributed by atoms with Crippen LogP contribution in [0.25, 0.3) is 11.0 Å². The number of hydrogen-bond acceptors (Lipinski definition) is 3. The Hall–Kier alpha value is -1.53. The molecule has 0 unspecified atom stereocenters. The predicted octanol–water partition coefficient (Wildman–Crippen LogP) is 3.54. The van der Waals surface area contributed by atoms with Crippen LogP contribution < -0.4 is 5.32 Å². The summed E-state index contributed by atoms with van der Waals surface area (Å²) in [5, 5.41) is 4.03. The zero-order chi connectivity index (χ0) is 15.5. The first kappa shape index (κ1) is 15.9. The van der Waals surface area contributed by atoms with Gasteiger partial charge in [-0.05, 0) is 19.7 Å². The first-order chi connectivity index (χ1) is 9.90. The lowest BCUT2D eigenvalue weighted by atomic mass is 10.1. The second kappa shape index (κ2) is 6.49. The van der Waals surface area contributed by atoms with Crippen molar-refractivity contribution in [3.63, 3.8) is 0 Å². The van der Waals surface area contributed by atoms with Gasteiger partial charge in [0.05, 0.1) is 13.1 Å². The van der Waals surface area contributed by atoms with Crippen molar-refractivity contribution in [2.24, 2.45) is 0 Å². The number of nitrogens with one attached hydrogen (secondary N) is 1. The third kappa shape index (κ3) is 4.22. The maximum atomic E-state index is 12.5. The number of hydrogen-bond donors (Lipinski definition) is 1. The van der Waals surface area contributed by atoms with Gasteiger partial charge in [0.1, 0.15) is 11.3 Å². The van der Waals surface area contributed by atoms with Gasteiger partial charge in [0.2, 0.25) is 0 Å². The van der Waals surface area contributed by atoms with Crippen LogP contribution in [0.15, 0.2) is 28.7 Å². The van der Waals surface area contributed by atoms with Gasteiger partial charge in [0.15, 0.2) is 0 Å². The molecule has 0 radical (unpaired) electrons. The highest BCUT2D eigenvalue weighted by Crippen LogP contribution is 2.27. The van der Waals surface area contributed by atoms with Crippen LogP contribution in [0.1, 0.15) is 18.2 Å². The summed E-state index contributed by atoms with van der Waals surface area (Å²) >= 11 is 0. The lowest BCUT2D eigenvalue weighted by Crippen LogP contribution is -2.30. The molecule has 2 rings (SSSR count). The van der Waals surface area contributed by atoms with E-state index in [1.54, 1.807) is 0 Å². The van der Waals surface area contributed by atoms with E-state index in [9.17, 15) is 13.2 Å². The number of rotatable bonds is 6. The van der Waals surface area contributed by atoms with E-state index in [0.717, 1.165) is 17.5 Å². The molecule has 6 heteroatoms. The van der Waals surface area contributed by atoms with Crippen molar-refractivity contribution in [2.45, 2.75) is 26.2 Å². The number of nitrogens with zero attached hydrogens (tertiary/aromatic N) is 1. The van der Waals surface area contributed by atoms with Crippen molar-refractivity contribution in [3.8, 4) is 0 Å². The molecule has 0 amide bonds. The van der Waals surface area contributed by atoms with E-state index in [1.165, 1.54) is 11.9 Å². The summed E-state index contributed by atoms with van der Waals surface area (Å²) in [6, 6.07) is 7.43. The third-order valence-electron chi connectivity index (χ3n) is 3.19. The second-order valence-electron chi connectivity index (χ2n) is 5.07. The van der Waals surface area contributed by atoms with Crippen LogP contribution in [0.3, 0.4) is 0 Å². The van der Waals surface area contributed by atoms with Crippen LogP contribution in [0.5, 0.6) is 0 Å². The van der Waals surface area contributed by atoms with Crippen molar-refractivity contribution in [1.29, 1.82) is 0 Å². The number of benzene rings is 1. The van der Waals surface area contributed by atoms with E-state index < -0.39 is 12.7 Å². The molecule has 0 aliphatic carbocycles. The van der Waals surface area contributed by atoms with Crippen molar-refractivity contribution in [2.75, 3.05) is 20.1 Å². The van der Waals surface area contributed by atoms with Crippen molar-refractivity contribution in [1.82, 2.24) is 10.2 Å². The summed E-state index contributed by atoms with van der Waals surface area (Å²) in [4.78, 5) is 1.26. The molecule has 0 aliphatic heterocycles. The topological polar surface area (TPSA) is 28.4 Å². The Morgan fingerprint density at radius 3 is 2.62 bits per heavy atom. The molecule has 1 aromatic heterocycles. The standard InChI is InChI=1S/C15H19F3N2O/c1-3-19-8-14-12(9-20(2)10-15(16,17)18)11-6-4-5-7-13(11)21-14/h4-7,19H,3,8-10H2,1-2H3. The Kier molecular flexibility index (Phi) is 4.90. The average molecular weight is 300 g/mol. The highest BCUT2D eigenvalue weighted by Gasteiger charge is 2.29. The lowest BCUT2D eigenvalue weighted by molar-refractivity contribution is -0.144. The summed E-state index contributed by atoms with van der Waals surface area (Å²) in [6.45, 7) is 2.53. The minimum Gasteiger partial charge on any atom is -0.459 e. The molecule has 2 aromatic rings. The van der Waals surface area contributed by atoms with Crippen LogP contribution in [0.4, 0.5) is 13.2 Å². The molecule has 21 heavy (non-hydrogen) atoms. The third-order valence-corrected chi connectivity index (χ3v) is 3.19. The Labute approximate surface area is 121 Å². The summed E-state index contributed by atoms with van der Waals surface area (Å²) < 4.78 is 43.2. The maximum Gasteiger partial charge on any atom is 0.401 e. The number of furan rings is 1. The normalized spacial score (nSPS) is 12.5. The maximum absolute atomic E-state index is 12.5. The van der Waals surface area contributed by atoms with Gasteiger partial charge in [0, 0.05) is 17.5 Å². The second-order valence-corrected chi connectivity index (χ2v) is 5.07. The van der Waals surface area contributed by atoms with Gasteiger partial charge in [-0.2, -0.15) is 13.2 Å². The fraction of sp³-hybridized carbons (Fsp3) is 0.467. The average Bonchev–Trinajstić information content (AvgIpc) is 2.72. The molecule has 116 valence electrons. The summed E-state index contributed by atoms with van der Waals surface area (Å²) in [5.41, 5.74) is 1.53. The molecule has 3 nitrogen and oxygen atoms in total. The first-order valence-corrected chi connectivity index (χ1v) is 6.86. The zero-order valence-corrected chi connectivity index (χ0v) is 12.1. The molecule has 1 heterocycles. The van der Waals surface area contributed by atoms with E-state index >= 15 is 0 Å².